The van der Waals surface area contributed by atoms with Crippen molar-refractivity contribution in [2.45, 2.75) is 83.6 Å². The van der Waals surface area contributed by atoms with Gasteiger partial charge in [-0.05, 0) is 49.6 Å². The van der Waals surface area contributed by atoms with Crippen LogP contribution < -0.4 is 31.3 Å². The molecular formula is C33H44FN5O7. The summed E-state index contributed by atoms with van der Waals surface area (Å²) in [6.07, 6.45) is -1.95. The fourth-order valence-corrected chi connectivity index (χ4v) is 4.85. The van der Waals surface area contributed by atoms with E-state index in [1.165, 1.54) is 25.1 Å². The van der Waals surface area contributed by atoms with Crippen molar-refractivity contribution in [1.29, 1.82) is 0 Å². The third-order valence-electron chi connectivity index (χ3n) is 7.68. The highest BCUT2D eigenvalue weighted by Crippen LogP contribution is 2.23. The summed E-state index contributed by atoms with van der Waals surface area (Å²) in [5, 5.41) is 23.6. The van der Waals surface area contributed by atoms with Gasteiger partial charge >= 0.3 is 0 Å². The summed E-state index contributed by atoms with van der Waals surface area (Å²) in [6, 6.07) is 7.79. The van der Waals surface area contributed by atoms with Crippen LogP contribution in [0.2, 0.25) is 0 Å². The van der Waals surface area contributed by atoms with E-state index in [0.717, 1.165) is 5.56 Å². The van der Waals surface area contributed by atoms with Crippen LogP contribution in [-0.2, 0) is 24.6 Å². The van der Waals surface area contributed by atoms with Crippen LogP contribution in [-0.4, -0.2) is 78.1 Å². The molecule has 1 heterocycles. The lowest BCUT2D eigenvalue weighted by molar-refractivity contribution is -0.135. The van der Waals surface area contributed by atoms with Crippen LogP contribution in [0.1, 0.15) is 63.9 Å². The molecule has 0 saturated heterocycles. The van der Waals surface area contributed by atoms with Gasteiger partial charge in [0.05, 0.1) is 24.1 Å². The number of hydrogen-bond acceptors (Lipinski definition) is 7. The van der Waals surface area contributed by atoms with Crippen molar-refractivity contribution in [2.24, 2.45) is 5.92 Å². The monoisotopic (exact) mass is 641 g/mol. The molecule has 0 fully saturated rings. The first-order chi connectivity index (χ1) is 21.6. The molecule has 0 bridgehead atoms. The summed E-state index contributed by atoms with van der Waals surface area (Å²) in [5.74, 6) is -4.05. The molecule has 5 amide bonds. The van der Waals surface area contributed by atoms with Crippen molar-refractivity contribution >= 4 is 29.5 Å². The van der Waals surface area contributed by atoms with Crippen LogP contribution in [0.15, 0.2) is 48.5 Å². The van der Waals surface area contributed by atoms with Gasteiger partial charge in [0.15, 0.2) is 0 Å². The molecule has 0 unspecified atom stereocenters. The summed E-state index contributed by atoms with van der Waals surface area (Å²) < 4.78 is 19.4. The van der Waals surface area contributed by atoms with Crippen LogP contribution in [0.4, 0.5) is 4.39 Å². The smallest absolute Gasteiger partial charge is 0.255 e. The summed E-state index contributed by atoms with van der Waals surface area (Å²) in [6.45, 7) is 10.2. The normalized spacial score (nSPS) is 22.6. The molecule has 12 nitrogen and oxygen atoms in total. The maximum atomic E-state index is 13.5. The molecule has 13 heteroatoms. The third kappa shape index (κ3) is 9.74. The van der Waals surface area contributed by atoms with Gasteiger partial charge in [-0.2, -0.15) is 0 Å². The topological polar surface area (TPSA) is 175 Å². The number of amides is 5. The summed E-state index contributed by atoms with van der Waals surface area (Å²) in [7, 11) is 0. The van der Waals surface area contributed by atoms with Crippen molar-refractivity contribution in [2.75, 3.05) is 13.2 Å². The van der Waals surface area contributed by atoms with Crippen molar-refractivity contribution < 1.29 is 38.2 Å². The number of benzene rings is 2. The predicted octanol–water partition coefficient (Wildman–Crippen LogP) is 1.31. The zero-order valence-corrected chi connectivity index (χ0v) is 27.0. The molecular weight excluding hydrogens is 597 g/mol. The Morgan fingerprint density at radius 3 is 2.22 bits per heavy atom. The minimum absolute atomic E-state index is 0.0203. The second-order valence-electron chi connectivity index (χ2n) is 12.6. The Morgan fingerprint density at radius 2 is 1.59 bits per heavy atom. The van der Waals surface area contributed by atoms with Gasteiger partial charge in [0.25, 0.3) is 5.91 Å². The summed E-state index contributed by atoms with van der Waals surface area (Å²) in [4.78, 5) is 66.6. The Kier molecular flexibility index (Phi) is 12.2. The van der Waals surface area contributed by atoms with Gasteiger partial charge in [-0.3, -0.25) is 24.0 Å². The predicted molar refractivity (Wildman–Crippen MR) is 168 cm³/mol. The molecule has 5 atom stereocenters. The van der Waals surface area contributed by atoms with E-state index >= 15 is 0 Å². The van der Waals surface area contributed by atoms with E-state index in [1.807, 2.05) is 13.8 Å². The fourth-order valence-electron chi connectivity index (χ4n) is 4.85. The maximum absolute atomic E-state index is 13.5. The maximum Gasteiger partial charge on any atom is 0.255 e. The number of halogens is 1. The molecule has 0 radical (unpaired) electrons. The van der Waals surface area contributed by atoms with Gasteiger partial charge < -0.3 is 36.4 Å². The molecule has 46 heavy (non-hydrogen) atoms. The van der Waals surface area contributed by atoms with E-state index in [2.05, 4.69) is 26.6 Å². The Balaban J connectivity index is 1.94. The van der Waals surface area contributed by atoms with Gasteiger partial charge in [0.2, 0.25) is 23.6 Å². The minimum Gasteiger partial charge on any atom is -0.491 e. The molecule has 0 aromatic heterocycles. The van der Waals surface area contributed by atoms with E-state index in [0.29, 0.717) is 0 Å². The number of aliphatic hydroxyl groups is 1. The molecule has 250 valence electrons. The lowest BCUT2D eigenvalue weighted by Gasteiger charge is -2.28. The standard InChI is InChI=1S/C33H44FN5O7/c1-18(2)27-31(44)36-19(3)16-46-25-10-8-7-9-23(25)29(42)37-24(15-26(41)38-28(20(4)40)32(45)39-27)30(43)35-17-33(5,6)21-11-13-22(34)14-12-21/h7-14,18-20,24,27-28,40H,15-17H2,1-6H3,(H,35,43)(H,36,44)(H,37,42)(H,38,41)(H,39,45)/t19-,20+,24-,27+,28-/m0/s1. The molecule has 2 aromatic carbocycles. The second-order valence-corrected chi connectivity index (χ2v) is 12.6. The largest absolute Gasteiger partial charge is 0.491 e. The van der Waals surface area contributed by atoms with Gasteiger partial charge in [0, 0.05) is 12.0 Å². The first-order valence-corrected chi connectivity index (χ1v) is 15.2. The Morgan fingerprint density at radius 1 is 0.957 bits per heavy atom. The Labute approximate surface area is 268 Å². The fraction of sp³-hybridized carbons (Fsp3) is 0.485. The van der Waals surface area contributed by atoms with Gasteiger partial charge in [0.1, 0.15) is 36.3 Å². The van der Waals surface area contributed by atoms with Crippen LogP contribution in [0.3, 0.4) is 0 Å². The SMILES string of the molecule is CC(C)[C@H]1NC(=O)[C@H]([C@@H](C)O)NC(=O)C[C@@H](C(=O)NCC(C)(C)c2ccc(F)cc2)NC(=O)c2ccccc2OC[C@H](C)NC1=O. The number of aliphatic hydroxyl groups excluding tert-OH is 1. The highest BCUT2D eigenvalue weighted by Gasteiger charge is 2.34. The summed E-state index contributed by atoms with van der Waals surface area (Å²) in [5.41, 5.74) is 0.204. The zero-order valence-electron chi connectivity index (χ0n) is 27.0. The van der Waals surface area contributed by atoms with Crippen molar-refractivity contribution in [3.05, 3.63) is 65.5 Å². The number of carbonyl (C=O) groups is 5. The average Bonchev–Trinajstić information content (AvgIpc) is 2.99. The lowest BCUT2D eigenvalue weighted by Crippen LogP contribution is -2.59. The number of hydrogen-bond donors (Lipinski definition) is 6. The van der Waals surface area contributed by atoms with Crippen molar-refractivity contribution in [3.63, 3.8) is 0 Å². The molecule has 2 aromatic rings. The molecule has 0 spiro atoms. The van der Waals surface area contributed by atoms with E-state index < -0.39 is 77.5 Å². The third-order valence-corrected chi connectivity index (χ3v) is 7.68. The average molecular weight is 642 g/mol. The van der Waals surface area contributed by atoms with Crippen molar-refractivity contribution in [3.8, 4) is 5.75 Å². The molecule has 1 aliphatic rings. The van der Waals surface area contributed by atoms with Crippen LogP contribution >= 0.6 is 0 Å². The molecule has 1 aliphatic heterocycles. The van der Waals surface area contributed by atoms with E-state index in [9.17, 15) is 33.5 Å². The first-order valence-electron chi connectivity index (χ1n) is 15.2. The van der Waals surface area contributed by atoms with Crippen LogP contribution in [0, 0.1) is 11.7 Å². The molecule has 3 rings (SSSR count). The highest BCUT2D eigenvalue weighted by atomic mass is 19.1. The van der Waals surface area contributed by atoms with Crippen LogP contribution in [0.25, 0.3) is 0 Å². The molecule has 0 saturated carbocycles. The second kappa shape index (κ2) is 15.7. The quantitative estimate of drug-likeness (QED) is 0.276. The van der Waals surface area contributed by atoms with E-state index in [-0.39, 0.29) is 30.4 Å². The number of para-hydroxylation sites is 1. The zero-order chi connectivity index (χ0) is 34.2. The van der Waals surface area contributed by atoms with Gasteiger partial charge in [-0.25, -0.2) is 4.39 Å². The Hall–Kier alpha value is -4.52. The molecule has 0 aliphatic carbocycles. The highest BCUT2D eigenvalue weighted by molar-refractivity contribution is 6.01. The first kappa shape index (κ1) is 36.0. The number of ether oxygens (including phenoxy) is 1. The van der Waals surface area contributed by atoms with E-state index in [4.69, 9.17) is 4.74 Å². The number of nitrogens with one attached hydrogen (secondary N) is 5. The Bertz CT molecular complexity index is 1410. The van der Waals surface area contributed by atoms with Crippen molar-refractivity contribution in [1.82, 2.24) is 26.6 Å². The lowest BCUT2D eigenvalue weighted by atomic mass is 9.84. The van der Waals surface area contributed by atoms with Crippen LogP contribution in [0.5, 0.6) is 5.75 Å². The molecule has 6 N–H and O–H groups in total. The number of carbonyl (C=O) groups excluding carboxylic acids is 5. The van der Waals surface area contributed by atoms with Gasteiger partial charge in [-0.15, -0.1) is 0 Å². The van der Waals surface area contributed by atoms with E-state index in [1.54, 1.807) is 51.1 Å². The van der Waals surface area contributed by atoms with Gasteiger partial charge in [-0.1, -0.05) is 52.0 Å². The minimum atomic E-state index is -1.46. The summed E-state index contributed by atoms with van der Waals surface area (Å²) >= 11 is 0. The number of fused-ring (bicyclic) bond motifs is 1. The number of rotatable bonds is 6.